The molecule has 1 unspecified atom stereocenters. The van der Waals surface area contributed by atoms with Crippen molar-refractivity contribution >= 4 is 40.0 Å². The molecule has 1 aromatic heterocycles. The van der Waals surface area contributed by atoms with Gasteiger partial charge in [0.05, 0.1) is 17.0 Å². The highest BCUT2D eigenvalue weighted by atomic mass is 32.2. The van der Waals surface area contributed by atoms with Crippen molar-refractivity contribution < 1.29 is 19.3 Å². The maximum atomic E-state index is 12.4. The van der Waals surface area contributed by atoms with Gasteiger partial charge in [-0.15, -0.1) is 5.06 Å². The lowest BCUT2D eigenvalue weighted by atomic mass is 10.1. The van der Waals surface area contributed by atoms with Crippen LogP contribution in [0.3, 0.4) is 0 Å². The number of benzene rings is 2. The second-order valence-corrected chi connectivity index (χ2v) is 7.71. The van der Waals surface area contributed by atoms with E-state index >= 15 is 0 Å². The van der Waals surface area contributed by atoms with Gasteiger partial charge >= 0.3 is 5.24 Å². The van der Waals surface area contributed by atoms with E-state index in [0.717, 1.165) is 38.9 Å². The first-order valence-electron chi connectivity index (χ1n) is 9.42. The number of hydrogen-bond acceptors (Lipinski definition) is 7. The maximum absolute atomic E-state index is 12.4. The van der Waals surface area contributed by atoms with Crippen molar-refractivity contribution in [1.29, 1.82) is 0 Å². The normalized spacial score (nSPS) is 16.7. The van der Waals surface area contributed by atoms with Gasteiger partial charge in [-0.3, -0.25) is 19.4 Å². The van der Waals surface area contributed by atoms with E-state index in [-0.39, 0.29) is 19.1 Å². The fourth-order valence-electron chi connectivity index (χ4n) is 2.99. The predicted molar refractivity (Wildman–Crippen MR) is 115 cm³/mol. The zero-order valence-electron chi connectivity index (χ0n) is 16.0. The third-order valence-electron chi connectivity index (χ3n) is 4.43. The Balaban J connectivity index is 1.22. The molecule has 0 N–H and O–H groups in total. The summed E-state index contributed by atoms with van der Waals surface area (Å²) in [7, 11) is 0. The van der Waals surface area contributed by atoms with Crippen LogP contribution in [0.1, 0.15) is 11.1 Å². The molecule has 1 fully saturated rings. The molecule has 0 aliphatic carbocycles. The third-order valence-corrected chi connectivity index (χ3v) is 5.45. The molecular weight excluding hydrogens is 402 g/mol. The SMILES string of the molecule is O=C1SC(Cc2ccccc2)C(=O)N1OCCO/N=C/c1cnc2ccccc2c1. The summed E-state index contributed by atoms with van der Waals surface area (Å²) < 4.78 is 0. The Morgan fingerprint density at radius 3 is 2.73 bits per heavy atom. The van der Waals surface area contributed by atoms with E-state index in [9.17, 15) is 9.59 Å². The summed E-state index contributed by atoms with van der Waals surface area (Å²) >= 11 is 0.978. The quantitative estimate of drug-likeness (QED) is 0.312. The summed E-state index contributed by atoms with van der Waals surface area (Å²) in [6.07, 6.45) is 3.74. The van der Waals surface area contributed by atoms with E-state index in [4.69, 9.17) is 9.68 Å². The highest BCUT2D eigenvalue weighted by Crippen LogP contribution is 2.29. The lowest BCUT2D eigenvalue weighted by Crippen LogP contribution is -2.33. The van der Waals surface area contributed by atoms with Crippen molar-refractivity contribution in [2.75, 3.05) is 13.2 Å². The molecule has 2 amide bonds. The third kappa shape index (κ3) is 4.84. The first kappa shape index (κ1) is 20.1. The summed E-state index contributed by atoms with van der Waals surface area (Å²) in [6.45, 7) is 0.131. The van der Waals surface area contributed by atoms with Gasteiger partial charge in [-0.05, 0) is 35.9 Å². The van der Waals surface area contributed by atoms with E-state index in [1.165, 1.54) is 0 Å². The smallest absolute Gasteiger partial charge is 0.313 e. The molecule has 3 aromatic rings. The summed E-state index contributed by atoms with van der Waals surface area (Å²) in [5.74, 6) is -0.348. The molecule has 0 radical (unpaired) electrons. The van der Waals surface area contributed by atoms with Crippen molar-refractivity contribution in [1.82, 2.24) is 10.0 Å². The molecule has 0 saturated carbocycles. The molecule has 1 aliphatic heterocycles. The number of aromatic nitrogens is 1. The number of hydroxylamine groups is 2. The average molecular weight is 421 g/mol. The Hall–Kier alpha value is -3.23. The van der Waals surface area contributed by atoms with E-state index in [1.54, 1.807) is 12.4 Å². The van der Waals surface area contributed by atoms with Crippen molar-refractivity contribution in [2.24, 2.45) is 5.16 Å². The second-order valence-electron chi connectivity index (χ2n) is 6.56. The molecule has 2 aromatic carbocycles. The molecule has 4 rings (SSSR count). The predicted octanol–water partition coefficient (Wildman–Crippen LogP) is 3.82. The highest BCUT2D eigenvalue weighted by molar-refractivity contribution is 8.15. The van der Waals surface area contributed by atoms with Crippen LogP contribution in [0.15, 0.2) is 72.0 Å². The molecule has 30 heavy (non-hydrogen) atoms. The van der Waals surface area contributed by atoms with Crippen LogP contribution in [0.25, 0.3) is 10.9 Å². The van der Waals surface area contributed by atoms with Gasteiger partial charge in [0.15, 0.2) is 0 Å². The molecule has 0 bridgehead atoms. The number of pyridine rings is 1. The standard InChI is InChI=1S/C22H19N3O4S/c26-21-20(13-16-6-2-1-3-7-16)30-22(27)25(21)29-11-10-28-24-15-17-12-18-8-4-5-9-19(18)23-14-17/h1-9,12,14-15,20H,10-11,13H2/b24-15+. The number of carbonyl (C=O) groups is 2. The van der Waals surface area contributed by atoms with Gasteiger partial charge in [-0.25, -0.2) is 0 Å². The summed E-state index contributed by atoms with van der Waals surface area (Å²) in [5.41, 5.74) is 2.71. The molecule has 1 saturated heterocycles. The Bertz CT molecular complexity index is 1070. The van der Waals surface area contributed by atoms with Gasteiger partial charge in [-0.2, -0.15) is 0 Å². The van der Waals surface area contributed by atoms with Crippen LogP contribution in [0.5, 0.6) is 0 Å². The number of para-hydroxylation sites is 1. The molecule has 2 heterocycles. The van der Waals surface area contributed by atoms with Gasteiger partial charge in [0, 0.05) is 17.1 Å². The lowest BCUT2D eigenvalue weighted by molar-refractivity contribution is -0.167. The molecule has 7 nitrogen and oxygen atoms in total. The van der Waals surface area contributed by atoms with Crippen molar-refractivity contribution in [3.63, 3.8) is 0 Å². The number of hydrogen-bond donors (Lipinski definition) is 0. The number of rotatable bonds is 8. The minimum Gasteiger partial charge on any atom is -0.393 e. The van der Waals surface area contributed by atoms with E-state index < -0.39 is 10.5 Å². The van der Waals surface area contributed by atoms with E-state index in [0.29, 0.717) is 6.42 Å². The van der Waals surface area contributed by atoms with Gasteiger partial charge in [0.2, 0.25) is 0 Å². The zero-order valence-corrected chi connectivity index (χ0v) is 16.8. The Labute approximate surface area is 177 Å². The minimum atomic E-state index is -0.473. The number of oxime groups is 1. The van der Waals surface area contributed by atoms with Crippen molar-refractivity contribution in [3.8, 4) is 0 Å². The maximum Gasteiger partial charge on any atom is 0.313 e. The largest absolute Gasteiger partial charge is 0.393 e. The van der Waals surface area contributed by atoms with Crippen LogP contribution in [-0.4, -0.2) is 45.9 Å². The van der Waals surface area contributed by atoms with Gasteiger partial charge in [0.1, 0.15) is 13.2 Å². The van der Waals surface area contributed by atoms with Crippen LogP contribution in [0, 0.1) is 0 Å². The summed E-state index contributed by atoms with van der Waals surface area (Å²) in [5, 5.41) is 4.83. The van der Waals surface area contributed by atoms with Crippen LogP contribution in [-0.2, 0) is 20.9 Å². The number of amides is 2. The van der Waals surface area contributed by atoms with Crippen LogP contribution in [0.2, 0.25) is 0 Å². The number of thioether (sulfide) groups is 1. The fraction of sp³-hybridized carbons (Fsp3) is 0.182. The Kier molecular flexibility index (Phi) is 6.36. The highest BCUT2D eigenvalue weighted by Gasteiger charge is 2.40. The van der Waals surface area contributed by atoms with E-state index in [2.05, 4.69) is 10.1 Å². The van der Waals surface area contributed by atoms with Crippen LogP contribution < -0.4 is 0 Å². The number of imide groups is 1. The van der Waals surface area contributed by atoms with Gasteiger partial charge < -0.3 is 4.84 Å². The number of nitrogens with zero attached hydrogens (tertiary/aromatic N) is 3. The summed E-state index contributed by atoms with van der Waals surface area (Å²) in [4.78, 5) is 39.3. The summed E-state index contributed by atoms with van der Waals surface area (Å²) in [6, 6.07) is 19.3. The molecule has 0 spiro atoms. The van der Waals surface area contributed by atoms with Crippen LogP contribution >= 0.6 is 11.8 Å². The monoisotopic (exact) mass is 421 g/mol. The average Bonchev–Trinajstić information content (AvgIpc) is 3.04. The Morgan fingerprint density at radius 2 is 1.87 bits per heavy atom. The fourth-order valence-corrected chi connectivity index (χ4v) is 3.94. The van der Waals surface area contributed by atoms with Crippen molar-refractivity contribution in [2.45, 2.75) is 11.7 Å². The second kappa shape index (κ2) is 9.51. The first-order chi connectivity index (χ1) is 14.7. The molecule has 1 atom stereocenters. The van der Waals surface area contributed by atoms with Crippen molar-refractivity contribution in [3.05, 3.63) is 78.0 Å². The van der Waals surface area contributed by atoms with Gasteiger partial charge in [-0.1, -0.05) is 53.7 Å². The van der Waals surface area contributed by atoms with Crippen LogP contribution in [0.4, 0.5) is 4.79 Å². The lowest BCUT2D eigenvalue weighted by Gasteiger charge is -2.12. The Morgan fingerprint density at radius 1 is 1.07 bits per heavy atom. The molecule has 152 valence electrons. The zero-order chi connectivity index (χ0) is 20.8. The number of fused-ring (bicyclic) bond motifs is 1. The molecule has 1 aliphatic rings. The molecule has 8 heteroatoms. The minimum absolute atomic E-state index is 0.0312. The first-order valence-corrected chi connectivity index (χ1v) is 10.3. The van der Waals surface area contributed by atoms with E-state index in [1.807, 2.05) is 60.7 Å². The number of carbonyl (C=O) groups excluding carboxylic acids is 2. The molecular formula is C22H19N3O4S. The topological polar surface area (TPSA) is 81.1 Å². The van der Waals surface area contributed by atoms with Gasteiger partial charge in [0.25, 0.3) is 5.91 Å².